The minimum absolute atomic E-state index is 0.0288. The number of hydrogen-bond acceptors (Lipinski definition) is 8. The van der Waals surface area contributed by atoms with Gasteiger partial charge in [0.1, 0.15) is 5.75 Å². The molecule has 0 saturated carbocycles. The van der Waals surface area contributed by atoms with Crippen LogP contribution in [0.25, 0.3) is 0 Å². The number of benzene rings is 2. The first kappa shape index (κ1) is 20.3. The van der Waals surface area contributed by atoms with Crippen LogP contribution in [0.3, 0.4) is 0 Å². The van der Waals surface area contributed by atoms with Gasteiger partial charge < -0.3 is 23.7 Å². The van der Waals surface area contributed by atoms with Crippen LogP contribution in [-0.4, -0.2) is 40.6 Å². The summed E-state index contributed by atoms with van der Waals surface area (Å²) in [5.41, 5.74) is 8.44. The third-order valence-corrected chi connectivity index (χ3v) is 5.82. The second-order valence-corrected chi connectivity index (χ2v) is 7.30. The number of methoxy groups -OCH3 is 4. The molecule has 0 aliphatic carbocycles. The molecular formula is C22H26N2O6. The minimum atomic E-state index is -0.442. The molecule has 8 heteroatoms. The monoisotopic (exact) mass is 414 g/mol. The first-order chi connectivity index (χ1) is 14.6. The maximum atomic E-state index is 12.4. The number of fused-ring (bicyclic) bond motifs is 1. The summed E-state index contributed by atoms with van der Waals surface area (Å²) >= 11 is 0. The van der Waals surface area contributed by atoms with E-state index in [1.54, 1.807) is 28.4 Å². The summed E-state index contributed by atoms with van der Waals surface area (Å²) in [6.45, 7) is 0. The van der Waals surface area contributed by atoms with E-state index in [2.05, 4.69) is 10.9 Å². The van der Waals surface area contributed by atoms with Crippen molar-refractivity contribution in [3.8, 4) is 23.0 Å². The van der Waals surface area contributed by atoms with Gasteiger partial charge in [0.05, 0.1) is 40.9 Å². The van der Waals surface area contributed by atoms with Crippen molar-refractivity contribution >= 4 is 5.97 Å². The minimum Gasteiger partial charge on any atom is -0.497 e. The number of carbonyl (C=O) groups excluding carboxylic acids is 1. The van der Waals surface area contributed by atoms with E-state index in [4.69, 9.17) is 23.7 Å². The molecule has 0 radical (unpaired) electrons. The lowest BCUT2D eigenvalue weighted by atomic mass is 9.76. The number of hydrazine groups is 1. The van der Waals surface area contributed by atoms with Gasteiger partial charge in [0, 0.05) is 11.8 Å². The van der Waals surface area contributed by atoms with Crippen molar-refractivity contribution in [2.45, 2.75) is 24.6 Å². The van der Waals surface area contributed by atoms with Crippen molar-refractivity contribution < 1.29 is 28.5 Å². The van der Waals surface area contributed by atoms with Gasteiger partial charge in [0.25, 0.3) is 0 Å². The molecule has 0 aromatic heterocycles. The van der Waals surface area contributed by atoms with Crippen LogP contribution in [0.5, 0.6) is 23.0 Å². The Balaban J connectivity index is 1.74. The van der Waals surface area contributed by atoms with Gasteiger partial charge in [0.2, 0.25) is 5.75 Å². The molecule has 4 rings (SSSR count). The Morgan fingerprint density at radius 1 is 0.867 bits per heavy atom. The van der Waals surface area contributed by atoms with Crippen LogP contribution < -0.4 is 29.8 Å². The van der Waals surface area contributed by atoms with E-state index in [1.165, 1.54) is 0 Å². The molecule has 2 fully saturated rings. The van der Waals surface area contributed by atoms with Gasteiger partial charge in [-0.05, 0) is 35.4 Å². The smallest absolute Gasteiger partial charge is 0.308 e. The summed E-state index contributed by atoms with van der Waals surface area (Å²) in [6, 6.07) is 11.6. The molecule has 2 aromatic rings. The maximum absolute atomic E-state index is 12.4. The molecule has 2 saturated heterocycles. The molecule has 2 aliphatic rings. The number of carbonyl (C=O) groups is 1. The highest BCUT2D eigenvalue weighted by molar-refractivity contribution is 5.72. The average molecular weight is 414 g/mol. The molecule has 2 aromatic carbocycles. The molecule has 4 atom stereocenters. The Kier molecular flexibility index (Phi) is 5.69. The highest BCUT2D eigenvalue weighted by atomic mass is 16.6. The highest BCUT2D eigenvalue weighted by Gasteiger charge is 2.48. The lowest BCUT2D eigenvalue weighted by molar-refractivity contribution is -0.160. The Bertz CT molecular complexity index is 891. The summed E-state index contributed by atoms with van der Waals surface area (Å²) in [7, 11) is 6.37. The van der Waals surface area contributed by atoms with Gasteiger partial charge in [-0.1, -0.05) is 12.1 Å². The van der Waals surface area contributed by atoms with Crippen molar-refractivity contribution in [1.82, 2.24) is 10.9 Å². The van der Waals surface area contributed by atoms with Crippen LogP contribution in [0.15, 0.2) is 36.4 Å². The lowest BCUT2D eigenvalue weighted by Crippen LogP contribution is -2.42. The van der Waals surface area contributed by atoms with Crippen LogP contribution in [-0.2, 0) is 9.53 Å². The lowest BCUT2D eigenvalue weighted by Gasteiger charge is -2.35. The number of nitrogens with one attached hydrogen (secondary N) is 2. The normalized spacial score (nSPS) is 25.3. The zero-order chi connectivity index (χ0) is 21.3. The van der Waals surface area contributed by atoms with E-state index in [1.807, 2.05) is 36.4 Å². The van der Waals surface area contributed by atoms with Crippen LogP contribution in [0.1, 0.15) is 29.5 Å². The molecule has 2 N–H and O–H groups in total. The molecule has 8 nitrogen and oxygen atoms in total. The van der Waals surface area contributed by atoms with Crippen molar-refractivity contribution in [1.29, 1.82) is 0 Å². The molecule has 0 spiro atoms. The molecule has 160 valence electrons. The van der Waals surface area contributed by atoms with Crippen molar-refractivity contribution in [2.75, 3.05) is 28.4 Å². The standard InChI is InChI=1S/C22H26N2O6/c1-26-14-7-5-12(6-8-14)20-19-15(11-18(25)30-22(19)24-23-20)13-9-16(27-2)21(29-4)17(10-13)28-3/h5-10,15,19-20,22-24H,11H2,1-4H3. The third-order valence-electron chi connectivity index (χ3n) is 5.82. The number of rotatable bonds is 6. The van der Waals surface area contributed by atoms with Gasteiger partial charge in [-0.15, -0.1) is 0 Å². The van der Waals surface area contributed by atoms with Gasteiger partial charge in [0.15, 0.2) is 17.7 Å². The number of hydrogen-bond donors (Lipinski definition) is 2. The second kappa shape index (κ2) is 8.41. The van der Waals surface area contributed by atoms with Crippen LogP contribution in [0.4, 0.5) is 0 Å². The number of ether oxygens (including phenoxy) is 5. The van der Waals surface area contributed by atoms with Crippen LogP contribution in [0, 0.1) is 5.92 Å². The third kappa shape index (κ3) is 3.53. The van der Waals surface area contributed by atoms with Gasteiger partial charge in [-0.2, -0.15) is 0 Å². The highest BCUT2D eigenvalue weighted by Crippen LogP contribution is 2.48. The summed E-state index contributed by atoms with van der Waals surface area (Å²) < 4.78 is 27.3. The summed E-state index contributed by atoms with van der Waals surface area (Å²) in [4.78, 5) is 12.4. The maximum Gasteiger partial charge on any atom is 0.308 e. The quantitative estimate of drug-likeness (QED) is 0.698. The van der Waals surface area contributed by atoms with Crippen LogP contribution in [0.2, 0.25) is 0 Å². The van der Waals surface area contributed by atoms with Crippen molar-refractivity contribution in [3.05, 3.63) is 47.5 Å². The SMILES string of the molecule is COc1ccc(C2NNC3OC(=O)CC(c4cc(OC)c(OC)c(OC)c4)C32)cc1. The fourth-order valence-corrected chi connectivity index (χ4v) is 4.37. The van der Waals surface area contributed by atoms with Gasteiger partial charge in [-0.25, -0.2) is 10.9 Å². The van der Waals surface area contributed by atoms with Gasteiger partial charge >= 0.3 is 5.97 Å². The Morgan fingerprint density at radius 2 is 1.53 bits per heavy atom. The van der Waals surface area contributed by atoms with E-state index in [9.17, 15) is 4.79 Å². The predicted molar refractivity (Wildman–Crippen MR) is 109 cm³/mol. The largest absolute Gasteiger partial charge is 0.497 e. The number of esters is 1. The van der Waals surface area contributed by atoms with E-state index < -0.39 is 6.23 Å². The average Bonchev–Trinajstić information content (AvgIpc) is 3.21. The first-order valence-corrected chi connectivity index (χ1v) is 9.74. The van der Waals surface area contributed by atoms with E-state index in [-0.39, 0.29) is 30.3 Å². The van der Waals surface area contributed by atoms with E-state index in [0.717, 1.165) is 16.9 Å². The van der Waals surface area contributed by atoms with Crippen molar-refractivity contribution in [2.24, 2.45) is 5.92 Å². The summed E-state index contributed by atoms with van der Waals surface area (Å²) in [5, 5.41) is 0. The van der Waals surface area contributed by atoms with E-state index >= 15 is 0 Å². The van der Waals surface area contributed by atoms with Crippen molar-refractivity contribution in [3.63, 3.8) is 0 Å². The topological polar surface area (TPSA) is 87.3 Å². The zero-order valence-corrected chi connectivity index (χ0v) is 17.4. The fraction of sp³-hybridized carbons (Fsp3) is 0.409. The molecule has 0 amide bonds. The van der Waals surface area contributed by atoms with E-state index in [0.29, 0.717) is 17.2 Å². The van der Waals surface area contributed by atoms with Gasteiger partial charge in [-0.3, -0.25) is 4.79 Å². The fourth-order valence-electron chi connectivity index (χ4n) is 4.37. The predicted octanol–water partition coefficient (Wildman–Crippen LogP) is 2.54. The molecule has 2 heterocycles. The molecular weight excluding hydrogens is 388 g/mol. The Hall–Kier alpha value is -2.97. The second-order valence-electron chi connectivity index (χ2n) is 7.30. The summed E-state index contributed by atoms with van der Waals surface area (Å²) in [6.07, 6.45) is -0.182. The summed E-state index contributed by atoms with van der Waals surface area (Å²) in [5.74, 6) is 2.04. The first-order valence-electron chi connectivity index (χ1n) is 9.74. The molecule has 2 aliphatic heterocycles. The van der Waals surface area contributed by atoms with Crippen LogP contribution >= 0.6 is 0 Å². The zero-order valence-electron chi connectivity index (χ0n) is 17.4. The Labute approximate surface area is 175 Å². The molecule has 0 bridgehead atoms. The molecule has 30 heavy (non-hydrogen) atoms. The molecule has 4 unspecified atom stereocenters. The Morgan fingerprint density at radius 3 is 2.10 bits per heavy atom.